The molecule has 1 unspecified atom stereocenters. The summed E-state index contributed by atoms with van der Waals surface area (Å²) in [6.07, 6.45) is 0.525. The van der Waals surface area contributed by atoms with Crippen LogP contribution in [0.4, 0.5) is 0 Å². The molecule has 0 spiro atoms. The Hall–Kier alpha value is -2.41. The molecule has 0 aliphatic carbocycles. The maximum atomic E-state index is 12.4. The Labute approximate surface area is 135 Å². The molecule has 0 aliphatic rings. The third kappa shape index (κ3) is 4.07. The molecule has 2 rings (SSSR count). The molecule has 0 radical (unpaired) electrons. The van der Waals surface area contributed by atoms with Crippen molar-refractivity contribution in [2.24, 2.45) is 0 Å². The molecule has 0 saturated carbocycles. The number of hydrogen-bond donors (Lipinski definition) is 1. The van der Waals surface area contributed by atoms with Gasteiger partial charge in [0, 0.05) is 12.3 Å². The van der Waals surface area contributed by atoms with Crippen LogP contribution in [-0.2, 0) is 14.8 Å². The summed E-state index contributed by atoms with van der Waals surface area (Å²) in [4.78, 5) is 16.1. The van der Waals surface area contributed by atoms with Crippen molar-refractivity contribution in [3.63, 3.8) is 0 Å². The number of pyridine rings is 1. The van der Waals surface area contributed by atoms with Crippen molar-refractivity contribution in [2.45, 2.75) is 31.8 Å². The summed E-state index contributed by atoms with van der Waals surface area (Å²) in [5, 5.41) is 0. The molecule has 1 atom stereocenters. The quantitative estimate of drug-likeness (QED) is 0.903. The standard InChI is InChI=1S/C16H18N2O4S/c1-11-7-6-8-14(12(11)2)23(20,21)18-16(19)13(3)22-15-9-4-5-10-17-15/h4-10,13H,1-3H3,(H,18,19). The Morgan fingerprint density at radius 2 is 1.91 bits per heavy atom. The van der Waals surface area contributed by atoms with E-state index in [1.807, 2.05) is 17.7 Å². The van der Waals surface area contributed by atoms with Gasteiger partial charge in [-0.15, -0.1) is 0 Å². The zero-order chi connectivity index (χ0) is 17.0. The van der Waals surface area contributed by atoms with Crippen molar-refractivity contribution < 1.29 is 17.9 Å². The highest BCUT2D eigenvalue weighted by Gasteiger charge is 2.24. The number of nitrogens with one attached hydrogen (secondary N) is 1. The van der Waals surface area contributed by atoms with Crippen LogP contribution in [0, 0.1) is 13.8 Å². The first-order chi connectivity index (χ1) is 10.8. The van der Waals surface area contributed by atoms with Gasteiger partial charge in [0.2, 0.25) is 5.88 Å². The van der Waals surface area contributed by atoms with Crippen molar-refractivity contribution >= 4 is 15.9 Å². The lowest BCUT2D eigenvalue weighted by Crippen LogP contribution is -2.40. The summed E-state index contributed by atoms with van der Waals surface area (Å²) in [7, 11) is -3.95. The van der Waals surface area contributed by atoms with E-state index in [4.69, 9.17) is 4.74 Å². The Bertz CT molecular complexity index is 804. The summed E-state index contributed by atoms with van der Waals surface area (Å²) in [6.45, 7) is 4.97. The molecule has 0 saturated heterocycles. The average Bonchev–Trinajstić information content (AvgIpc) is 2.50. The number of benzene rings is 1. The first-order valence-electron chi connectivity index (χ1n) is 7.02. The predicted molar refractivity (Wildman–Crippen MR) is 85.6 cm³/mol. The third-order valence-electron chi connectivity index (χ3n) is 3.38. The molecule has 1 aromatic carbocycles. The van der Waals surface area contributed by atoms with E-state index in [1.165, 1.54) is 19.2 Å². The molecule has 1 aromatic heterocycles. The van der Waals surface area contributed by atoms with Crippen molar-refractivity contribution in [3.05, 3.63) is 53.7 Å². The van der Waals surface area contributed by atoms with E-state index in [1.54, 1.807) is 31.2 Å². The van der Waals surface area contributed by atoms with Crippen LogP contribution in [0.25, 0.3) is 0 Å². The Morgan fingerprint density at radius 1 is 1.17 bits per heavy atom. The van der Waals surface area contributed by atoms with Crippen LogP contribution >= 0.6 is 0 Å². The molecule has 1 N–H and O–H groups in total. The van der Waals surface area contributed by atoms with Crippen LogP contribution in [-0.4, -0.2) is 25.4 Å². The number of nitrogens with zero attached hydrogens (tertiary/aromatic N) is 1. The molecule has 0 bridgehead atoms. The van der Waals surface area contributed by atoms with Gasteiger partial charge in [0.25, 0.3) is 15.9 Å². The predicted octanol–water partition coefficient (Wildman–Crippen LogP) is 1.97. The normalized spacial score (nSPS) is 12.5. The first-order valence-corrected chi connectivity index (χ1v) is 8.50. The van der Waals surface area contributed by atoms with Crippen molar-refractivity contribution in [1.82, 2.24) is 9.71 Å². The number of aryl methyl sites for hydroxylation is 1. The SMILES string of the molecule is Cc1cccc(S(=O)(=O)NC(=O)C(C)Oc2ccccn2)c1C. The topological polar surface area (TPSA) is 85.4 Å². The van der Waals surface area contributed by atoms with Crippen LogP contribution in [0.2, 0.25) is 0 Å². The van der Waals surface area contributed by atoms with Gasteiger partial charge < -0.3 is 4.74 Å². The maximum Gasteiger partial charge on any atom is 0.274 e. The van der Waals surface area contributed by atoms with Crippen molar-refractivity contribution in [1.29, 1.82) is 0 Å². The molecular weight excluding hydrogens is 316 g/mol. The molecule has 1 heterocycles. The Morgan fingerprint density at radius 3 is 2.57 bits per heavy atom. The highest BCUT2D eigenvalue weighted by molar-refractivity contribution is 7.90. The number of ether oxygens (including phenoxy) is 1. The Kier molecular flexibility index (Phi) is 5.00. The zero-order valence-corrected chi connectivity index (χ0v) is 13.9. The van der Waals surface area contributed by atoms with Gasteiger partial charge in [-0.3, -0.25) is 4.79 Å². The fourth-order valence-electron chi connectivity index (χ4n) is 1.94. The second-order valence-electron chi connectivity index (χ2n) is 5.10. The van der Waals surface area contributed by atoms with Crippen LogP contribution in [0.15, 0.2) is 47.5 Å². The summed E-state index contributed by atoms with van der Waals surface area (Å²) in [6, 6.07) is 9.91. The second kappa shape index (κ2) is 6.78. The zero-order valence-electron chi connectivity index (χ0n) is 13.1. The van der Waals surface area contributed by atoms with E-state index >= 15 is 0 Å². The molecule has 1 amide bonds. The number of carbonyl (C=O) groups excluding carboxylic acids is 1. The summed E-state index contributed by atoms with van der Waals surface area (Å²) in [5.41, 5.74) is 1.43. The maximum absolute atomic E-state index is 12.4. The van der Waals surface area contributed by atoms with E-state index in [2.05, 4.69) is 4.98 Å². The fraction of sp³-hybridized carbons (Fsp3) is 0.250. The van der Waals surface area contributed by atoms with E-state index in [0.29, 0.717) is 5.56 Å². The van der Waals surface area contributed by atoms with Crippen LogP contribution in [0.3, 0.4) is 0 Å². The van der Waals surface area contributed by atoms with Gasteiger partial charge >= 0.3 is 0 Å². The molecular formula is C16H18N2O4S. The number of aromatic nitrogens is 1. The molecule has 23 heavy (non-hydrogen) atoms. The number of rotatable bonds is 5. The summed E-state index contributed by atoms with van der Waals surface area (Å²) >= 11 is 0. The third-order valence-corrected chi connectivity index (χ3v) is 4.88. The number of sulfonamides is 1. The van der Waals surface area contributed by atoms with E-state index in [9.17, 15) is 13.2 Å². The minimum atomic E-state index is -3.95. The van der Waals surface area contributed by atoms with Gasteiger partial charge in [0.05, 0.1) is 4.90 Å². The highest BCUT2D eigenvalue weighted by Crippen LogP contribution is 2.18. The lowest BCUT2D eigenvalue weighted by atomic mass is 10.1. The van der Waals surface area contributed by atoms with E-state index in [0.717, 1.165) is 5.56 Å². The van der Waals surface area contributed by atoms with Crippen molar-refractivity contribution in [3.8, 4) is 5.88 Å². The lowest BCUT2D eigenvalue weighted by molar-refractivity contribution is -0.125. The molecule has 6 nitrogen and oxygen atoms in total. The largest absolute Gasteiger partial charge is 0.464 e. The van der Waals surface area contributed by atoms with Gasteiger partial charge in [-0.1, -0.05) is 18.2 Å². The average molecular weight is 334 g/mol. The van der Waals surface area contributed by atoms with E-state index < -0.39 is 22.0 Å². The second-order valence-corrected chi connectivity index (χ2v) is 6.75. The summed E-state index contributed by atoms with van der Waals surface area (Å²) in [5.74, 6) is -0.504. The highest BCUT2D eigenvalue weighted by atomic mass is 32.2. The fourth-order valence-corrected chi connectivity index (χ4v) is 3.30. The minimum absolute atomic E-state index is 0.0795. The molecule has 122 valence electrons. The molecule has 2 aromatic rings. The van der Waals surface area contributed by atoms with Gasteiger partial charge in [-0.2, -0.15) is 0 Å². The van der Waals surface area contributed by atoms with Crippen molar-refractivity contribution in [2.75, 3.05) is 0 Å². The summed E-state index contributed by atoms with van der Waals surface area (Å²) < 4.78 is 32.1. The smallest absolute Gasteiger partial charge is 0.274 e. The molecule has 0 fully saturated rings. The number of carbonyl (C=O) groups is 1. The number of amides is 1. The van der Waals surface area contributed by atoms with Crippen LogP contribution in [0.1, 0.15) is 18.1 Å². The minimum Gasteiger partial charge on any atom is -0.464 e. The number of hydrogen-bond acceptors (Lipinski definition) is 5. The Balaban J connectivity index is 2.13. The van der Waals surface area contributed by atoms with Gasteiger partial charge in [-0.25, -0.2) is 18.1 Å². The van der Waals surface area contributed by atoms with Crippen LogP contribution < -0.4 is 9.46 Å². The van der Waals surface area contributed by atoms with Crippen LogP contribution in [0.5, 0.6) is 5.88 Å². The molecule has 0 aliphatic heterocycles. The monoisotopic (exact) mass is 334 g/mol. The van der Waals surface area contributed by atoms with E-state index in [-0.39, 0.29) is 10.8 Å². The van der Waals surface area contributed by atoms with Gasteiger partial charge in [0.15, 0.2) is 6.10 Å². The lowest BCUT2D eigenvalue weighted by Gasteiger charge is -2.15. The van der Waals surface area contributed by atoms with Gasteiger partial charge in [-0.05, 0) is 44.0 Å². The first kappa shape index (κ1) is 17.0. The van der Waals surface area contributed by atoms with Gasteiger partial charge in [0.1, 0.15) is 0 Å². The molecule has 7 heteroatoms.